The molecule has 0 radical (unpaired) electrons. The third-order valence-corrected chi connectivity index (χ3v) is 3.53. The summed E-state index contributed by atoms with van der Waals surface area (Å²) in [6.45, 7) is 2.31. The second-order valence-electron chi connectivity index (χ2n) is 5.44. The minimum absolute atomic E-state index is 0.198. The van der Waals surface area contributed by atoms with Crippen molar-refractivity contribution < 1.29 is 23.8 Å². The molecule has 0 aliphatic rings. The van der Waals surface area contributed by atoms with Crippen molar-refractivity contribution in [2.75, 3.05) is 32.7 Å². The molecule has 2 aromatic rings. The smallest absolute Gasteiger partial charge is 0.313 e. The Bertz CT molecular complexity index is 759. The third kappa shape index (κ3) is 5.41. The van der Waals surface area contributed by atoms with Gasteiger partial charge >= 0.3 is 11.8 Å². The van der Waals surface area contributed by atoms with Crippen molar-refractivity contribution in [2.24, 2.45) is 0 Å². The van der Waals surface area contributed by atoms with Crippen molar-refractivity contribution in [1.82, 2.24) is 5.32 Å². The van der Waals surface area contributed by atoms with Gasteiger partial charge in [0.25, 0.3) is 0 Å². The van der Waals surface area contributed by atoms with Crippen LogP contribution in [0, 0.1) is 6.92 Å². The van der Waals surface area contributed by atoms with Gasteiger partial charge in [-0.25, -0.2) is 0 Å². The van der Waals surface area contributed by atoms with Gasteiger partial charge in [0.1, 0.15) is 23.9 Å². The van der Waals surface area contributed by atoms with E-state index in [0.29, 0.717) is 17.2 Å². The first-order valence-corrected chi connectivity index (χ1v) is 8.04. The van der Waals surface area contributed by atoms with Crippen LogP contribution >= 0.6 is 0 Å². The van der Waals surface area contributed by atoms with E-state index in [0.717, 1.165) is 11.3 Å². The van der Waals surface area contributed by atoms with Gasteiger partial charge in [-0.2, -0.15) is 0 Å². The Morgan fingerprint density at radius 2 is 1.62 bits per heavy atom. The maximum absolute atomic E-state index is 12.0. The van der Waals surface area contributed by atoms with E-state index in [1.165, 1.54) is 7.11 Å². The molecule has 138 valence electrons. The fourth-order valence-corrected chi connectivity index (χ4v) is 2.18. The first-order chi connectivity index (χ1) is 12.5. The summed E-state index contributed by atoms with van der Waals surface area (Å²) in [7, 11) is 3.08. The molecule has 0 aliphatic heterocycles. The Labute approximate surface area is 152 Å². The third-order valence-electron chi connectivity index (χ3n) is 3.53. The first-order valence-electron chi connectivity index (χ1n) is 8.04. The van der Waals surface area contributed by atoms with Crippen LogP contribution in [0.3, 0.4) is 0 Å². The van der Waals surface area contributed by atoms with E-state index in [2.05, 4.69) is 10.6 Å². The largest absolute Gasteiger partial charge is 0.497 e. The van der Waals surface area contributed by atoms with Crippen LogP contribution in [-0.4, -0.2) is 39.2 Å². The molecular weight excluding hydrogens is 336 g/mol. The molecule has 0 saturated carbocycles. The van der Waals surface area contributed by atoms with E-state index < -0.39 is 11.8 Å². The van der Waals surface area contributed by atoms with E-state index in [9.17, 15) is 9.59 Å². The first kappa shape index (κ1) is 19.1. The summed E-state index contributed by atoms with van der Waals surface area (Å²) in [4.78, 5) is 23.9. The second-order valence-corrected chi connectivity index (χ2v) is 5.44. The van der Waals surface area contributed by atoms with Gasteiger partial charge in [0.2, 0.25) is 0 Å². The second kappa shape index (κ2) is 9.31. The van der Waals surface area contributed by atoms with Crippen molar-refractivity contribution in [1.29, 1.82) is 0 Å². The van der Waals surface area contributed by atoms with E-state index in [1.807, 2.05) is 13.0 Å². The van der Waals surface area contributed by atoms with Gasteiger partial charge in [-0.3, -0.25) is 9.59 Å². The zero-order valence-electron chi connectivity index (χ0n) is 15.0. The van der Waals surface area contributed by atoms with E-state index in [4.69, 9.17) is 14.2 Å². The van der Waals surface area contributed by atoms with Crippen LogP contribution in [0.25, 0.3) is 0 Å². The van der Waals surface area contributed by atoms with Gasteiger partial charge < -0.3 is 24.8 Å². The fourth-order valence-electron chi connectivity index (χ4n) is 2.18. The number of amides is 2. The number of benzene rings is 2. The number of anilines is 1. The van der Waals surface area contributed by atoms with Crippen molar-refractivity contribution in [3.05, 3.63) is 48.0 Å². The molecule has 2 N–H and O–H groups in total. The van der Waals surface area contributed by atoms with Crippen molar-refractivity contribution in [3.8, 4) is 17.2 Å². The summed E-state index contributed by atoms with van der Waals surface area (Å²) in [5, 5.41) is 5.05. The molecule has 0 fully saturated rings. The summed E-state index contributed by atoms with van der Waals surface area (Å²) in [5.74, 6) is 0.354. The van der Waals surface area contributed by atoms with Crippen LogP contribution in [0.4, 0.5) is 5.69 Å². The van der Waals surface area contributed by atoms with Crippen molar-refractivity contribution in [3.63, 3.8) is 0 Å². The standard InChI is InChI=1S/C19H22N2O5/c1-13-4-9-17(25-3)16(12-13)21-19(23)18(22)20-10-11-26-15-7-5-14(24-2)6-8-15/h4-9,12H,10-11H2,1-3H3,(H,20,22)(H,21,23). The van der Waals surface area contributed by atoms with Crippen LogP contribution in [0.15, 0.2) is 42.5 Å². The predicted octanol–water partition coefficient (Wildman–Crippen LogP) is 2.15. The number of methoxy groups -OCH3 is 2. The summed E-state index contributed by atoms with van der Waals surface area (Å²) in [6, 6.07) is 12.4. The molecule has 7 nitrogen and oxygen atoms in total. The van der Waals surface area contributed by atoms with Gasteiger partial charge in [0.15, 0.2) is 0 Å². The van der Waals surface area contributed by atoms with Gasteiger partial charge in [-0.15, -0.1) is 0 Å². The van der Waals surface area contributed by atoms with Crippen LogP contribution in [0.2, 0.25) is 0 Å². The zero-order valence-corrected chi connectivity index (χ0v) is 15.0. The monoisotopic (exact) mass is 358 g/mol. The van der Waals surface area contributed by atoms with Gasteiger partial charge in [-0.1, -0.05) is 6.07 Å². The highest BCUT2D eigenvalue weighted by Gasteiger charge is 2.15. The number of rotatable bonds is 7. The molecule has 0 atom stereocenters. The lowest BCUT2D eigenvalue weighted by Crippen LogP contribution is -2.37. The number of hydrogen-bond donors (Lipinski definition) is 2. The fraction of sp³-hybridized carbons (Fsp3) is 0.263. The van der Waals surface area contributed by atoms with Crippen LogP contribution < -0.4 is 24.8 Å². The minimum Gasteiger partial charge on any atom is -0.497 e. The summed E-state index contributed by atoms with van der Waals surface area (Å²) >= 11 is 0. The maximum atomic E-state index is 12.0. The number of aryl methyl sites for hydroxylation is 1. The SMILES string of the molecule is COc1ccc(OCCNC(=O)C(=O)Nc2cc(C)ccc2OC)cc1. The van der Waals surface area contributed by atoms with Gasteiger partial charge in [-0.05, 0) is 48.9 Å². The molecule has 0 spiro atoms. The normalized spacial score (nSPS) is 9.96. The number of nitrogens with one attached hydrogen (secondary N) is 2. The van der Waals surface area contributed by atoms with E-state index in [1.54, 1.807) is 43.5 Å². The van der Waals surface area contributed by atoms with Crippen LogP contribution in [-0.2, 0) is 9.59 Å². The predicted molar refractivity (Wildman–Crippen MR) is 97.9 cm³/mol. The lowest BCUT2D eigenvalue weighted by Gasteiger charge is -2.11. The average molecular weight is 358 g/mol. The summed E-state index contributed by atoms with van der Waals surface area (Å²) < 4.78 is 15.7. The van der Waals surface area contributed by atoms with Gasteiger partial charge in [0, 0.05) is 0 Å². The van der Waals surface area contributed by atoms with Crippen molar-refractivity contribution in [2.45, 2.75) is 6.92 Å². The Morgan fingerprint density at radius 3 is 2.27 bits per heavy atom. The lowest BCUT2D eigenvalue weighted by atomic mass is 10.2. The Morgan fingerprint density at radius 1 is 0.923 bits per heavy atom. The molecule has 0 heterocycles. The highest BCUT2D eigenvalue weighted by Crippen LogP contribution is 2.25. The van der Waals surface area contributed by atoms with Crippen molar-refractivity contribution >= 4 is 17.5 Å². The molecular formula is C19H22N2O5. The number of carbonyl (C=O) groups excluding carboxylic acids is 2. The molecule has 2 aromatic carbocycles. The molecule has 2 amide bonds. The molecule has 0 unspecified atom stereocenters. The number of carbonyl (C=O) groups is 2. The molecule has 0 saturated heterocycles. The Balaban J connectivity index is 1.78. The van der Waals surface area contributed by atoms with Crippen LogP contribution in [0.1, 0.15) is 5.56 Å². The molecule has 0 bridgehead atoms. The molecule has 2 rings (SSSR count). The topological polar surface area (TPSA) is 85.9 Å². The average Bonchev–Trinajstić information content (AvgIpc) is 2.65. The highest BCUT2D eigenvalue weighted by molar-refractivity contribution is 6.39. The number of ether oxygens (including phenoxy) is 3. The molecule has 0 aliphatic carbocycles. The maximum Gasteiger partial charge on any atom is 0.313 e. The quantitative estimate of drug-likeness (QED) is 0.585. The van der Waals surface area contributed by atoms with Crippen LogP contribution in [0.5, 0.6) is 17.2 Å². The molecule has 26 heavy (non-hydrogen) atoms. The highest BCUT2D eigenvalue weighted by atomic mass is 16.5. The summed E-state index contributed by atoms with van der Waals surface area (Å²) in [5.41, 5.74) is 1.39. The summed E-state index contributed by atoms with van der Waals surface area (Å²) in [6.07, 6.45) is 0. The van der Waals surface area contributed by atoms with E-state index >= 15 is 0 Å². The number of hydrogen-bond acceptors (Lipinski definition) is 5. The lowest BCUT2D eigenvalue weighted by molar-refractivity contribution is -0.136. The Hall–Kier alpha value is -3.22. The Kier molecular flexibility index (Phi) is 6.84. The minimum atomic E-state index is -0.765. The van der Waals surface area contributed by atoms with Gasteiger partial charge in [0.05, 0.1) is 26.5 Å². The zero-order chi connectivity index (χ0) is 18.9. The molecule has 0 aromatic heterocycles. The van der Waals surface area contributed by atoms with E-state index in [-0.39, 0.29) is 13.2 Å². The molecule has 7 heteroatoms.